The van der Waals surface area contributed by atoms with Gasteiger partial charge in [-0.05, 0) is 23.3 Å². The van der Waals surface area contributed by atoms with E-state index in [0.29, 0.717) is 11.1 Å². The van der Waals surface area contributed by atoms with E-state index in [-0.39, 0.29) is 5.56 Å². The highest BCUT2D eigenvalue weighted by atomic mass is 19.4. The number of alkyl halides is 5. The second-order valence-electron chi connectivity index (χ2n) is 4.54. The zero-order valence-corrected chi connectivity index (χ0v) is 10.5. The molecule has 0 N–H and O–H groups in total. The molecule has 0 spiro atoms. The third-order valence-corrected chi connectivity index (χ3v) is 2.94. The first kappa shape index (κ1) is 14.5. The minimum Gasteiger partial charge on any atom is -0.202 e. The number of hydrogen-bond donors (Lipinski definition) is 0. The molecule has 20 heavy (non-hydrogen) atoms. The molecule has 0 aliphatic rings. The molecular weight excluding hydrogens is 275 g/mol. The minimum atomic E-state index is -4.38. The lowest BCUT2D eigenvalue weighted by atomic mass is 10.0. The SMILES string of the molecule is CC(F)(F)c1ccc(-c2ccc(C(F)(F)F)cc2)cc1. The molecular formula is C15H11F5. The van der Waals surface area contributed by atoms with Crippen molar-refractivity contribution in [3.05, 3.63) is 59.7 Å². The number of hydrogen-bond acceptors (Lipinski definition) is 0. The van der Waals surface area contributed by atoms with E-state index in [0.717, 1.165) is 19.1 Å². The summed E-state index contributed by atoms with van der Waals surface area (Å²) in [6.45, 7) is 0.792. The van der Waals surface area contributed by atoms with Crippen LogP contribution in [0.3, 0.4) is 0 Å². The molecule has 0 aliphatic heterocycles. The Morgan fingerprint density at radius 1 is 0.600 bits per heavy atom. The van der Waals surface area contributed by atoms with Gasteiger partial charge >= 0.3 is 6.18 Å². The van der Waals surface area contributed by atoms with E-state index in [1.54, 1.807) is 0 Å². The van der Waals surface area contributed by atoms with Crippen LogP contribution in [-0.2, 0) is 12.1 Å². The second kappa shape index (κ2) is 4.89. The van der Waals surface area contributed by atoms with Crippen molar-refractivity contribution in [3.63, 3.8) is 0 Å². The third-order valence-electron chi connectivity index (χ3n) is 2.94. The zero-order chi connectivity index (χ0) is 15.0. The van der Waals surface area contributed by atoms with Gasteiger partial charge in [-0.2, -0.15) is 13.2 Å². The van der Waals surface area contributed by atoms with Crippen LogP contribution in [0.1, 0.15) is 18.1 Å². The number of benzene rings is 2. The summed E-state index contributed by atoms with van der Waals surface area (Å²) in [6, 6.07) is 10.1. The maximum Gasteiger partial charge on any atom is 0.416 e. The van der Waals surface area contributed by atoms with Gasteiger partial charge in [-0.25, -0.2) is 8.78 Å². The first-order chi connectivity index (χ1) is 9.18. The molecule has 2 rings (SSSR count). The first-order valence-electron chi connectivity index (χ1n) is 5.84. The standard InChI is InChI=1S/C15H11F5/c1-14(16,17)12-6-2-10(3-7-12)11-4-8-13(9-5-11)15(18,19)20/h2-9H,1H3. The van der Waals surface area contributed by atoms with Gasteiger partial charge in [0.15, 0.2) is 0 Å². The molecule has 0 saturated carbocycles. The Bertz CT molecular complexity index is 518. The van der Waals surface area contributed by atoms with Crippen LogP contribution >= 0.6 is 0 Å². The molecule has 0 nitrogen and oxygen atoms in total. The predicted octanol–water partition coefficient (Wildman–Crippen LogP) is 5.48. The van der Waals surface area contributed by atoms with E-state index >= 15 is 0 Å². The van der Waals surface area contributed by atoms with Gasteiger partial charge in [-0.3, -0.25) is 0 Å². The van der Waals surface area contributed by atoms with Gasteiger partial charge in [-0.1, -0.05) is 36.4 Å². The van der Waals surface area contributed by atoms with E-state index in [1.165, 1.54) is 36.4 Å². The molecule has 0 aliphatic carbocycles. The highest BCUT2D eigenvalue weighted by Gasteiger charge is 2.30. The van der Waals surface area contributed by atoms with Crippen molar-refractivity contribution < 1.29 is 22.0 Å². The zero-order valence-electron chi connectivity index (χ0n) is 10.5. The molecule has 2 aromatic rings. The quantitative estimate of drug-likeness (QED) is 0.641. The minimum absolute atomic E-state index is 0.131. The number of halogens is 5. The molecule has 0 saturated heterocycles. The van der Waals surface area contributed by atoms with E-state index in [1.807, 2.05) is 0 Å². The molecule has 0 aromatic heterocycles. The summed E-state index contributed by atoms with van der Waals surface area (Å²) in [5.41, 5.74) is 0.266. The van der Waals surface area contributed by atoms with Crippen LogP contribution in [0.15, 0.2) is 48.5 Å². The Balaban J connectivity index is 2.29. The highest BCUT2D eigenvalue weighted by molar-refractivity contribution is 5.64. The Hall–Kier alpha value is -1.91. The molecule has 0 bridgehead atoms. The third kappa shape index (κ3) is 3.15. The van der Waals surface area contributed by atoms with E-state index in [2.05, 4.69) is 0 Å². The van der Waals surface area contributed by atoms with Crippen molar-refractivity contribution in [1.82, 2.24) is 0 Å². The van der Waals surface area contributed by atoms with Gasteiger partial charge in [0.05, 0.1) is 5.56 Å². The van der Waals surface area contributed by atoms with Crippen LogP contribution in [0.5, 0.6) is 0 Å². The fourth-order valence-corrected chi connectivity index (χ4v) is 1.81. The monoisotopic (exact) mass is 286 g/mol. The first-order valence-corrected chi connectivity index (χ1v) is 5.84. The maximum atomic E-state index is 13.0. The van der Waals surface area contributed by atoms with Crippen LogP contribution in [0, 0.1) is 0 Å². The van der Waals surface area contributed by atoms with Crippen LogP contribution in [-0.4, -0.2) is 0 Å². The lowest BCUT2D eigenvalue weighted by Crippen LogP contribution is -2.06. The van der Waals surface area contributed by atoms with E-state index in [4.69, 9.17) is 0 Å². The van der Waals surface area contributed by atoms with Crippen LogP contribution < -0.4 is 0 Å². The average molecular weight is 286 g/mol. The average Bonchev–Trinajstić information content (AvgIpc) is 2.37. The van der Waals surface area contributed by atoms with Gasteiger partial charge in [0.25, 0.3) is 5.92 Å². The molecule has 0 fully saturated rings. The fraction of sp³-hybridized carbons (Fsp3) is 0.200. The normalized spacial score (nSPS) is 12.5. The summed E-state index contributed by atoms with van der Waals surface area (Å²) in [5, 5.41) is 0. The summed E-state index contributed by atoms with van der Waals surface area (Å²) in [7, 11) is 0. The van der Waals surface area contributed by atoms with Crippen LogP contribution in [0.2, 0.25) is 0 Å². The fourth-order valence-electron chi connectivity index (χ4n) is 1.81. The second-order valence-corrected chi connectivity index (χ2v) is 4.54. The van der Waals surface area contributed by atoms with Crippen molar-refractivity contribution in [3.8, 4) is 11.1 Å². The molecule has 0 radical (unpaired) electrons. The summed E-state index contributed by atoms with van der Waals surface area (Å²) in [4.78, 5) is 0. The summed E-state index contributed by atoms with van der Waals surface area (Å²) < 4.78 is 63.4. The summed E-state index contributed by atoms with van der Waals surface area (Å²) in [6.07, 6.45) is -4.38. The Kier molecular flexibility index (Phi) is 3.54. The maximum absolute atomic E-state index is 13.0. The van der Waals surface area contributed by atoms with Crippen LogP contribution in [0.4, 0.5) is 22.0 Å². The lowest BCUT2D eigenvalue weighted by Gasteiger charge is -2.11. The molecule has 5 heteroatoms. The molecule has 0 amide bonds. The van der Waals surface area contributed by atoms with E-state index in [9.17, 15) is 22.0 Å². The Labute approximate surface area is 112 Å². The lowest BCUT2D eigenvalue weighted by molar-refractivity contribution is -0.137. The molecule has 2 aromatic carbocycles. The van der Waals surface area contributed by atoms with Crippen molar-refractivity contribution >= 4 is 0 Å². The Morgan fingerprint density at radius 3 is 1.25 bits per heavy atom. The van der Waals surface area contributed by atoms with Crippen molar-refractivity contribution in [2.24, 2.45) is 0 Å². The van der Waals surface area contributed by atoms with Gasteiger partial charge in [0, 0.05) is 12.5 Å². The molecule has 0 atom stereocenters. The highest BCUT2D eigenvalue weighted by Crippen LogP contribution is 2.32. The largest absolute Gasteiger partial charge is 0.416 e. The Morgan fingerprint density at radius 2 is 0.950 bits per heavy atom. The van der Waals surface area contributed by atoms with Gasteiger partial charge in [0.1, 0.15) is 0 Å². The van der Waals surface area contributed by atoms with Gasteiger partial charge < -0.3 is 0 Å². The van der Waals surface area contributed by atoms with Crippen molar-refractivity contribution in [2.45, 2.75) is 19.0 Å². The summed E-state index contributed by atoms with van der Waals surface area (Å²) in [5.74, 6) is -2.93. The van der Waals surface area contributed by atoms with E-state index < -0.39 is 17.7 Å². The molecule has 0 unspecified atom stereocenters. The van der Waals surface area contributed by atoms with Crippen molar-refractivity contribution in [2.75, 3.05) is 0 Å². The topological polar surface area (TPSA) is 0 Å². The predicted molar refractivity (Wildman–Crippen MR) is 66.4 cm³/mol. The van der Waals surface area contributed by atoms with Gasteiger partial charge in [0.2, 0.25) is 0 Å². The van der Waals surface area contributed by atoms with Gasteiger partial charge in [-0.15, -0.1) is 0 Å². The summed E-state index contributed by atoms with van der Waals surface area (Å²) >= 11 is 0. The van der Waals surface area contributed by atoms with Crippen molar-refractivity contribution in [1.29, 1.82) is 0 Å². The number of rotatable bonds is 2. The smallest absolute Gasteiger partial charge is 0.202 e. The van der Waals surface area contributed by atoms with Crippen LogP contribution in [0.25, 0.3) is 11.1 Å². The molecule has 106 valence electrons. The molecule has 0 heterocycles.